The second-order valence-electron chi connectivity index (χ2n) is 4.87. The van der Waals surface area contributed by atoms with Gasteiger partial charge in [0.2, 0.25) is 5.95 Å². The number of anilines is 1. The molecule has 0 bridgehead atoms. The van der Waals surface area contributed by atoms with E-state index in [0.717, 1.165) is 6.07 Å². The zero-order valence-electron chi connectivity index (χ0n) is 11.3. The van der Waals surface area contributed by atoms with E-state index in [4.69, 9.17) is 0 Å². The number of rotatable bonds is 3. The SMILES string of the molecule is CC1=CC(Nc2cc(F)nc(F)n2)=CCC1(C)S(=O)(=O)O. The highest BCUT2D eigenvalue weighted by Crippen LogP contribution is 2.34. The van der Waals surface area contributed by atoms with Gasteiger partial charge in [-0.05, 0) is 31.9 Å². The van der Waals surface area contributed by atoms with Crippen LogP contribution in [-0.2, 0) is 10.1 Å². The Bertz CT molecular complexity index is 726. The minimum atomic E-state index is -4.27. The van der Waals surface area contributed by atoms with Gasteiger partial charge in [-0.2, -0.15) is 27.2 Å². The topological polar surface area (TPSA) is 92.2 Å². The Kier molecular flexibility index (Phi) is 3.81. The molecule has 0 aromatic carbocycles. The van der Waals surface area contributed by atoms with Crippen molar-refractivity contribution in [3.05, 3.63) is 41.5 Å². The molecule has 0 radical (unpaired) electrons. The lowest BCUT2D eigenvalue weighted by molar-refractivity contribution is 0.447. The van der Waals surface area contributed by atoms with Gasteiger partial charge in [0.25, 0.3) is 10.1 Å². The van der Waals surface area contributed by atoms with Crippen LogP contribution in [0.3, 0.4) is 0 Å². The number of hydrogen-bond acceptors (Lipinski definition) is 5. The van der Waals surface area contributed by atoms with E-state index >= 15 is 0 Å². The van der Waals surface area contributed by atoms with Gasteiger partial charge in [0.15, 0.2) is 0 Å². The van der Waals surface area contributed by atoms with Crippen LogP contribution in [0.15, 0.2) is 29.5 Å². The molecule has 1 aliphatic rings. The lowest BCUT2D eigenvalue weighted by Gasteiger charge is -2.29. The lowest BCUT2D eigenvalue weighted by atomic mass is 9.92. The molecule has 0 amide bonds. The summed E-state index contributed by atoms with van der Waals surface area (Å²) in [5.41, 5.74) is 0.816. The van der Waals surface area contributed by atoms with Crippen LogP contribution in [0, 0.1) is 12.0 Å². The number of halogens is 2. The molecule has 0 saturated heterocycles. The highest BCUT2D eigenvalue weighted by molar-refractivity contribution is 7.87. The zero-order chi connectivity index (χ0) is 15.8. The van der Waals surface area contributed by atoms with Crippen molar-refractivity contribution in [2.75, 3.05) is 5.32 Å². The van der Waals surface area contributed by atoms with Gasteiger partial charge in [0, 0.05) is 11.8 Å². The Hall–Kier alpha value is -1.87. The van der Waals surface area contributed by atoms with Crippen molar-refractivity contribution < 1.29 is 21.8 Å². The molecule has 0 saturated carbocycles. The van der Waals surface area contributed by atoms with Crippen LogP contribution in [0.1, 0.15) is 20.3 Å². The Morgan fingerprint density at radius 2 is 2.05 bits per heavy atom. The van der Waals surface area contributed by atoms with Gasteiger partial charge in [-0.1, -0.05) is 6.08 Å². The minimum absolute atomic E-state index is 0.0204. The van der Waals surface area contributed by atoms with E-state index in [1.807, 2.05) is 0 Å². The first-order valence-corrected chi connectivity index (χ1v) is 7.39. The molecule has 1 aliphatic carbocycles. The van der Waals surface area contributed by atoms with Crippen LogP contribution < -0.4 is 5.32 Å². The predicted octanol–water partition coefficient (Wildman–Crippen LogP) is 2.05. The molecule has 0 spiro atoms. The third-order valence-corrected chi connectivity index (χ3v) is 5.05. The van der Waals surface area contributed by atoms with E-state index in [1.165, 1.54) is 19.1 Å². The van der Waals surface area contributed by atoms with E-state index in [9.17, 15) is 21.8 Å². The summed E-state index contributed by atoms with van der Waals surface area (Å²) in [6.07, 6.45) is 1.78. The zero-order valence-corrected chi connectivity index (χ0v) is 12.1. The molecule has 1 aromatic rings. The molecule has 114 valence electrons. The maximum atomic E-state index is 13.0. The van der Waals surface area contributed by atoms with Crippen LogP contribution in [-0.4, -0.2) is 27.7 Å². The molecule has 21 heavy (non-hydrogen) atoms. The van der Waals surface area contributed by atoms with E-state index in [2.05, 4.69) is 15.3 Å². The molecular formula is C12H13F2N3O3S. The lowest BCUT2D eigenvalue weighted by Crippen LogP contribution is -2.37. The maximum absolute atomic E-state index is 13.0. The molecule has 0 fully saturated rings. The van der Waals surface area contributed by atoms with Crippen LogP contribution in [0.25, 0.3) is 0 Å². The second-order valence-corrected chi connectivity index (χ2v) is 6.72. The quantitative estimate of drug-likeness (QED) is 0.503. The maximum Gasteiger partial charge on any atom is 0.313 e. The van der Waals surface area contributed by atoms with Crippen molar-refractivity contribution in [3.8, 4) is 0 Å². The normalized spacial score (nSPS) is 22.5. The van der Waals surface area contributed by atoms with Crippen molar-refractivity contribution in [3.63, 3.8) is 0 Å². The molecule has 1 atom stereocenters. The number of allylic oxidation sites excluding steroid dienone is 2. The summed E-state index contributed by atoms with van der Waals surface area (Å²) in [6.45, 7) is 2.94. The Morgan fingerprint density at radius 1 is 1.38 bits per heavy atom. The average molecular weight is 317 g/mol. The third-order valence-electron chi connectivity index (χ3n) is 3.43. The van der Waals surface area contributed by atoms with Crippen LogP contribution in [0.2, 0.25) is 0 Å². The molecule has 1 unspecified atom stereocenters. The van der Waals surface area contributed by atoms with Crippen LogP contribution in [0.4, 0.5) is 14.6 Å². The fourth-order valence-electron chi connectivity index (χ4n) is 1.91. The Labute approximate surface area is 120 Å². The Balaban J connectivity index is 2.26. The van der Waals surface area contributed by atoms with E-state index in [0.29, 0.717) is 11.3 Å². The fourth-order valence-corrected chi connectivity index (χ4v) is 2.67. The second kappa shape index (κ2) is 5.15. The molecule has 6 nitrogen and oxygen atoms in total. The average Bonchev–Trinajstić information content (AvgIpc) is 2.31. The van der Waals surface area contributed by atoms with E-state index in [-0.39, 0.29) is 12.2 Å². The summed E-state index contributed by atoms with van der Waals surface area (Å²) in [4.78, 5) is 6.24. The highest BCUT2D eigenvalue weighted by atomic mass is 32.2. The number of aromatic nitrogens is 2. The van der Waals surface area contributed by atoms with E-state index in [1.54, 1.807) is 6.92 Å². The highest BCUT2D eigenvalue weighted by Gasteiger charge is 2.40. The summed E-state index contributed by atoms with van der Waals surface area (Å²) in [7, 11) is -4.27. The van der Waals surface area contributed by atoms with Crippen molar-refractivity contribution in [1.29, 1.82) is 0 Å². The van der Waals surface area contributed by atoms with Crippen molar-refractivity contribution in [2.24, 2.45) is 0 Å². The molecule has 2 N–H and O–H groups in total. The molecule has 2 rings (SSSR count). The molecule has 1 aromatic heterocycles. The first-order valence-electron chi connectivity index (χ1n) is 5.95. The largest absolute Gasteiger partial charge is 0.340 e. The summed E-state index contributed by atoms with van der Waals surface area (Å²) in [5, 5.41) is 2.66. The number of nitrogens with one attached hydrogen (secondary N) is 1. The fraction of sp³-hybridized carbons (Fsp3) is 0.333. The van der Waals surface area contributed by atoms with Gasteiger partial charge >= 0.3 is 6.08 Å². The van der Waals surface area contributed by atoms with Gasteiger partial charge in [-0.25, -0.2) is 0 Å². The Morgan fingerprint density at radius 3 is 2.57 bits per heavy atom. The smallest absolute Gasteiger partial charge is 0.313 e. The van der Waals surface area contributed by atoms with Gasteiger partial charge in [0.1, 0.15) is 10.6 Å². The van der Waals surface area contributed by atoms with Gasteiger partial charge in [-0.15, -0.1) is 0 Å². The third kappa shape index (κ3) is 3.08. The van der Waals surface area contributed by atoms with Crippen molar-refractivity contribution in [1.82, 2.24) is 9.97 Å². The van der Waals surface area contributed by atoms with Crippen molar-refractivity contribution in [2.45, 2.75) is 25.0 Å². The predicted molar refractivity (Wildman–Crippen MR) is 72.0 cm³/mol. The van der Waals surface area contributed by atoms with Gasteiger partial charge in [-0.3, -0.25) is 4.55 Å². The molecule has 9 heteroatoms. The first kappa shape index (κ1) is 15.5. The van der Waals surface area contributed by atoms with E-state index < -0.39 is 26.9 Å². The monoisotopic (exact) mass is 317 g/mol. The number of nitrogens with zero attached hydrogens (tertiary/aromatic N) is 2. The summed E-state index contributed by atoms with van der Waals surface area (Å²) in [5.74, 6) is -1.12. The molecule has 0 aliphatic heterocycles. The minimum Gasteiger partial charge on any atom is -0.340 e. The first-order chi connectivity index (χ1) is 9.62. The van der Waals surface area contributed by atoms with Gasteiger partial charge in [0.05, 0.1) is 0 Å². The van der Waals surface area contributed by atoms with Crippen molar-refractivity contribution >= 4 is 15.9 Å². The van der Waals surface area contributed by atoms with Crippen LogP contribution >= 0.6 is 0 Å². The standard InChI is InChI=1S/C12H13F2N3O3S/c1-7-5-8(3-4-12(7,2)21(18,19)20)15-10-6-9(13)16-11(14)17-10/h3,5-6H,4H2,1-2H3,(H,15,16,17)(H,18,19,20). The molecular weight excluding hydrogens is 304 g/mol. The van der Waals surface area contributed by atoms with Gasteiger partial charge < -0.3 is 5.32 Å². The van der Waals surface area contributed by atoms with Crippen LogP contribution in [0.5, 0.6) is 0 Å². The summed E-state index contributed by atoms with van der Waals surface area (Å²) < 4.78 is 56.6. The molecule has 1 heterocycles. The summed E-state index contributed by atoms with van der Waals surface area (Å²) in [6, 6.07) is 0.906. The number of hydrogen-bond donors (Lipinski definition) is 2. The summed E-state index contributed by atoms with van der Waals surface area (Å²) >= 11 is 0.